The van der Waals surface area contributed by atoms with Crippen LogP contribution in [0.15, 0.2) is 36.4 Å². The van der Waals surface area contributed by atoms with Crippen molar-refractivity contribution in [3.05, 3.63) is 47.0 Å². The van der Waals surface area contributed by atoms with E-state index in [1.165, 1.54) is 0 Å². The molecule has 7 heteroatoms. The first-order chi connectivity index (χ1) is 13.0. The Morgan fingerprint density at radius 2 is 1.96 bits per heavy atom. The third kappa shape index (κ3) is 4.64. The van der Waals surface area contributed by atoms with Gasteiger partial charge in [-0.05, 0) is 49.9 Å². The van der Waals surface area contributed by atoms with Crippen LogP contribution >= 0.6 is 11.6 Å². The number of halogens is 1. The highest BCUT2D eigenvalue weighted by molar-refractivity contribution is 6.32. The fourth-order valence-corrected chi connectivity index (χ4v) is 3.06. The molecule has 1 atom stereocenters. The van der Waals surface area contributed by atoms with E-state index >= 15 is 0 Å². The van der Waals surface area contributed by atoms with Gasteiger partial charge in [-0.15, -0.1) is 0 Å². The summed E-state index contributed by atoms with van der Waals surface area (Å²) in [6.45, 7) is 3.58. The van der Waals surface area contributed by atoms with E-state index in [9.17, 15) is 4.79 Å². The molecule has 1 aliphatic heterocycles. The summed E-state index contributed by atoms with van der Waals surface area (Å²) in [5.74, 6) is 1.96. The maximum absolute atomic E-state index is 12.6. The van der Waals surface area contributed by atoms with Crippen LogP contribution in [0.4, 0.5) is 5.69 Å². The molecule has 144 valence electrons. The smallest absolute Gasteiger partial charge is 0.241 e. The van der Waals surface area contributed by atoms with Crippen molar-refractivity contribution in [1.82, 2.24) is 4.90 Å². The lowest BCUT2D eigenvalue weighted by molar-refractivity contribution is -0.120. The van der Waals surface area contributed by atoms with E-state index < -0.39 is 0 Å². The number of anilines is 1. The lowest BCUT2D eigenvalue weighted by Gasteiger charge is -2.25. The van der Waals surface area contributed by atoms with Crippen molar-refractivity contribution in [1.29, 1.82) is 0 Å². The second-order valence-corrected chi connectivity index (χ2v) is 6.81. The molecule has 0 saturated carbocycles. The number of fused-ring (bicyclic) bond motifs is 1. The minimum atomic E-state index is -0.334. The van der Waals surface area contributed by atoms with Crippen LogP contribution in [0.3, 0.4) is 0 Å². The molecule has 1 N–H and O–H groups in total. The summed E-state index contributed by atoms with van der Waals surface area (Å²) in [7, 11) is 3.45. The van der Waals surface area contributed by atoms with Crippen LogP contribution in [0.25, 0.3) is 0 Å². The fraction of sp³-hybridized carbons (Fsp3) is 0.350. The predicted octanol–water partition coefficient (Wildman–Crippen LogP) is 3.58. The van der Waals surface area contributed by atoms with Crippen molar-refractivity contribution in [3.63, 3.8) is 0 Å². The van der Waals surface area contributed by atoms with Crippen molar-refractivity contribution in [2.45, 2.75) is 19.5 Å². The first-order valence-electron chi connectivity index (χ1n) is 8.71. The van der Waals surface area contributed by atoms with E-state index in [1.54, 1.807) is 25.3 Å². The molecule has 0 spiro atoms. The van der Waals surface area contributed by atoms with E-state index in [0.717, 1.165) is 17.1 Å². The summed E-state index contributed by atoms with van der Waals surface area (Å²) in [5.41, 5.74) is 1.68. The second kappa shape index (κ2) is 8.50. The molecule has 1 unspecified atom stereocenters. The van der Waals surface area contributed by atoms with E-state index in [4.69, 9.17) is 25.8 Å². The number of nitrogens with one attached hydrogen (secondary N) is 1. The number of ether oxygens (including phenoxy) is 3. The number of methoxy groups -OCH3 is 1. The van der Waals surface area contributed by atoms with Crippen LogP contribution in [0.1, 0.15) is 12.5 Å². The summed E-state index contributed by atoms with van der Waals surface area (Å²) >= 11 is 6.11. The second-order valence-electron chi connectivity index (χ2n) is 6.41. The van der Waals surface area contributed by atoms with E-state index in [1.807, 2.05) is 37.1 Å². The van der Waals surface area contributed by atoms with Gasteiger partial charge in [0.25, 0.3) is 0 Å². The topological polar surface area (TPSA) is 60.0 Å². The normalized spacial score (nSPS) is 14.0. The van der Waals surface area contributed by atoms with Crippen LogP contribution in [0, 0.1) is 0 Å². The molecule has 1 amide bonds. The van der Waals surface area contributed by atoms with E-state index in [2.05, 4.69) is 5.32 Å². The van der Waals surface area contributed by atoms with Crippen molar-refractivity contribution in [2.24, 2.45) is 0 Å². The number of likely N-dealkylation sites (N-methyl/N-ethyl adjacent to an activating group) is 1. The molecule has 0 aromatic heterocycles. The summed E-state index contributed by atoms with van der Waals surface area (Å²) in [6.07, 6.45) is 0. The van der Waals surface area contributed by atoms with Gasteiger partial charge in [0.05, 0.1) is 18.2 Å². The van der Waals surface area contributed by atoms with Gasteiger partial charge in [0.15, 0.2) is 11.5 Å². The number of benzene rings is 2. The standard InChI is InChI=1S/C20H23ClN2O4/c1-13(20(24)22-15-5-7-17(25-3)16(21)11-15)23(2)12-14-4-6-18-19(10-14)27-9-8-26-18/h4-7,10-11,13H,8-9,12H2,1-3H3,(H,22,24). The molecule has 0 bridgehead atoms. The van der Waals surface area contributed by atoms with E-state index in [-0.39, 0.29) is 11.9 Å². The average molecular weight is 391 g/mol. The molecule has 27 heavy (non-hydrogen) atoms. The number of hydrogen-bond acceptors (Lipinski definition) is 5. The van der Waals surface area contributed by atoms with Crippen molar-refractivity contribution >= 4 is 23.2 Å². The van der Waals surface area contributed by atoms with Gasteiger partial charge in [0.1, 0.15) is 19.0 Å². The largest absolute Gasteiger partial charge is 0.495 e. The van der Waals surface area contributed by atoms with Crippen molar-refractivity contribution < 1.29 is 19.0 Å². The van der Waals surface area contributed by atoms with Gasteiger partial charge >= 0.3 is 0 Å². The fourth-order valence-electron chi connectivity index (χ4n) is 2.80. The third-order valence-corrected chi connectivity index (χ3v) is 4.79. The highest BCUT2D eigenvalue weighted by Crippen LogP contribution is 2.31. The number of amides is 1. The van der Waals surface area contributed by atoms with Gasteiger partial charge < -0.3 is 19.5 Å². The van der Waals surface area contributed by atoms with Gasteiger partial charge in [-0.2, -0.15) is 0 Å². The minimum Gasteiger partial charge on any atom is -0.495 e. The first-order valence-corrected chi connectivity index (χ1v) is 9.09. The maximum atomic E-state index is 12.6. The Morgan fingerprint density at radius 3 is 2.67 bits per heavy atom. The summed E-state index contributed by atoms with van der Waals surface area (Å²) in [6, 6.07) is 10.7. The monoisotopic (exact) mass is 390 g/mol. The zero-order valence-electron chi connectivity index (χ0n) is 15.6. The Balaban J connectivity index is 1.61. The Labute approximate surface area is 164 Å². The van der Waals surface area contributed by atoms with Crippen LogP contribution < -0.4 is 19.5 Å². The molecule has 0 fully saturated rings. The van der Waals surface area contributed by atoms with E-state index in [0.29, 0.717) is 36.2 Å². The zero-order valence-corrected chi connectivity index (χ0v) is 16.4. The number of carbonyl (C=O) groups is 1. The maximum Gasteiger partial charge on any atom is 0.241 e. The van der Waals surface area contributed by atoms with Gasteiger partial charge in [-0.3, -0.25) is 9.69 Å². The lowest BCUT2D eigenvalue weighted by atomic mass is 10.1. The Kier molecular flexibility index (Phi) is 6.08. The number of carbonyl (C=O) groups excluding carboxylic acids is 1. The molecule has 3 rings (SSSR count). The van der Waals surface area contributed by atoms with Gasteiger partial charge in [-0.25, -0.2) is 0 Å². The van der Waals surface area contributed by atoms with Crippen LogP contribution in [0.2, 0.25) is 5.02 Å². The molecule has 6 nitrogen and oxygen atoms in total. The highest BCUT2D eigenvalue weighted by atomic mass is 35.5. The van der Waals surface area contributed by atoms with Gasteiger partial charge in [0.2, 0.25) is 5.91 Å². The van der Waals surface area contributed by atoms with Crippen LogP contribution in [-0.2, 0) is 11.3 Å². The number of rotatable bonds is 6. The first kappa shape index (κ1) is 19.3. The van der Waals surface area contributed by atoms with Crippen LogP contribution in [-0.4, -0.2) is 44.2 Å². The molecule has 0 saturated heterocycles. The molecule has 2 aromatic carbocycles. The SMILES string of the molecule is COc1ccc(NC(=O)C(C)N(C)Cc2ccc3c(c2)OCCO3)cc1Cl. The zero-order chi connectivity index (χ0) is 19.4. The highest BCUT2D eigenvalue weighted by Gasteiger charge is 2.20. The molecule has 2 aromatic rings. The van der Waals surface area contributed by atoms with Crippen molar-refractivity contribution in [2.75, 3.05) is 32.7 Å². The molecule has 1 heterocycles. The Bertz CT molecular complexity index is 828. The molecule has 0 aliphatic carbocycles. The summed E-state index contributed by atoms with van der Waals surface area (Å²) in [5, 5.41) is 3.34. The molecule has 1 aliphatic rings. The molecule has 0 radical (unpaired) electrons. The van der Waals surface area contributed by atoms with Crippen LogP contribution in [0.5, 0.6) is 17.2 Å². The Hall–Kier alpha value is -2.44. The number of nitrogens with zero attached hydrogens (tertiary/aromatic N) is 1. The average Bonchev–Trinajstić information content (AvgIpc) is 2.67. The summed E-state index contributed by atoms with van der Waals surface area (Å²) < 4.78 is 16.3. The predicted molar refractivity (Wildman–Crippen MR) is 105 cm³/mol. The van der Waals surface area contributed by atoms with Crippen molar-refractivity contribution in [3.8, 4) is 17.2 Å². The lowest BCUT2D eigenvalue weighted by Crippen LogP contribution is -2.39. The van der Waals surface area contributed by atoms with Gasteiger partial charge in [0, 0.05) is 12.2 Å². The molecular weight excluding hydrogens is 368 g/mol. The number of hydrogen-bond donors (Lipinski definition) is 1. The molecular formula is C20H23ClN2O4. The summed E-state index contributed by atoms with van der Waals surface area (Å²) in [4.78, 5) is 14.5. The van der Waals surface area contributed by atoms with Gasteiger partial charge in [-0.1, -0.05) is 17.7 Å². The minimum absolute atomic E-state index is 0.115. The quantitative estimate of drug-likeness (QED) is 0.816. The third-order valence-electron chi connectivity index (χ3n) is 4.50. The Morgan fingerprint density at radius 1 is 1.22 bits per heavy atom.